The van der Waals surface area contributed by atoms with Gasteiger partial charge in [-0.15, -0.1) is 5.10 Å². The van der Waals surface area contributed by atoms with E-state index in [1.807, 2.05) is 0 Å². The van der Waals surface area contributed by atoms with E-state index >= 15 is 0 Å². The largest absolute Gasteiger partial charge is 0.387 e. The zero-order valence-electron chi connectivity index (χ0n) is 18.4. The number of nitrogens with zero attached hydrogens (tertiary/aromatic N) is 6. The van der Waals surface area contributed by atoms with Crippen molar-refractivity contribution in [1.29, 1.82) is 5.26 Å². The third kappa shape index (κ3) is 4.82. The number of carbonyl (C=O) groups is 1. The third-order valence-corrected chi connectivity index (χ3v) is 5.08. The van der Waals surface area contributed by atoms with Gasteiger partial charge in [-0.05, 0) is 50.2 Å². The van der Waals surface area contributed by atoms with Gasteiger partial charge >= 0.3 is 0 Å². The van der Waals surface area contributed by atoms with Gasteiger partial charge in [-0.2, -0.15) is 15.5 Å². The van der Waals surface area contributed by atoms with Gasteiger partial charge in [-0.25, -0.2) is 8.91 Å². The molecule has 11 heteroatoms. The molecule has 172 valence electrons. The molecule has 0 aliphatic carbocycles. The summed E-state index contributed by atoms with van der Waals surface area (Å²) in [5.41, 5.74) is 1.20. The van der Waals surface area contributed by atoms with Crippen LogP contribution >= 0.6 is 0 Å². The normalized spacial score (nSPS) is 12.2. The van der Waals surface area contributed by atoms with Crippen LogP contribution in [0.25, 0.3) is 16.9 Å². The number of aromatic nitrogens is 5. The first-order valence-electron chi connectivity index (χ1n) is 10.3. The fourth-order valence-corrected chi connectivity index (χ4v) is 3.17. The number of hydrogen-bond acceptors (Lipinski definition) is 8. The molecule has 4 rings (SSSR count). The van der Waals surface area contributed by atoms with Crippen LogP contribution in [-0.4, -0.2) is 54.1 Å². The standard InChI is InChI=1S/C23H21FN8O2/c1-23(2,34)20(24)13-27-22(33)16-12-26-18(9-17(16)30-21-4-3-7-28-31-21)19-6-5-15-8-14(10-25)11-29-32(15)19/h3-9,11-12,20,34H,13H2,1-2H3,(H,27,33)(H,26,30,31). The molecule has 3 N–H and O–H groups in total. The van der Waals surface area contributed by atoms with Crippen LogP contribution < -0.4 is 10.6 Å². The first-order valence-corrected chi connectivity index (χ1v) is 10.3. The van der Waals surface area contributed by atoms with Gasteiger partial charge in [0.2, 0.25) is 0 Å². The SMILES string of the molecule is CC(C)(O)C(F)CNC(=O)c1cnc(-c2ccc3cc(C#N)cnn23)cc1Nc1cccnn1. The Labute approximate surface area is 194 Å². The van der Waals surface area contributed by atoms with Gasteiger partial charge in [0, 0.05) is 12.4 Å². The highest BCUT2D eigenvalue weighted by molar-refractivity contribution is 6.00. The molecule has 0 aliphatic heterocycles. The minimum atomic E-state index is -1.66. The second kappa shape index (κ2) is 9.21. The highest BCUT2D eigenvalue weighted by Gasteiger charge is 2.27. The van der Waals surface area contributed by atoms with Crippen LogP contribution in [0.15, 0.2) is 55.0 Å². The Hall–Kier alpha value is -4.43. The topological polar surface area (TPSA) is 141 Å². The molecule has 1 unspecified atom stereocenters. The van der Waals surface area contributed by atoms with Crippen LogP contribution in [0, 0.1) is 11.3 Å². The Morgan fingerprint density at radius 1 is 1.29 bits per heavy atom. The number of anilines is 2. The van der Waals surface area contributed by atoms with Crippen LogP contribution in [0.3, 0.4) is 0 Å². The molecule has 10 nitrogen and oxygen atoms in total. The summed E-state index contributed by atoms with van der Waals surface area (Å²) in [4.78, 5) is 17.3. The van der Waals surface area contributed by atoms with Crippen molar-refractivity contribution < 1.29 is 14.3 Å². The molecule has 0 bridgehead atoms. The van der Waals surface area contributed by atoms with E-state index in [1.165, 1.54) is 32.4 Å². The Morgan fingerprint density at radius 2 is 2.12 bits per heavy atom. The minimum absolute atomic E-state index is 0.151. The van der Waals surface area contributed by atoms with E-state index in [4.69, 9.17) is 5.26 Å². The van der Waals surface area contributed by atoms with Gasteiger partial charge in [-0.3, -0.25) is 9.78 Å². The van der Waals surface area contributed by atoms with Crippen molar-refractivity contribution in [2.24, 2.45) is 0 Å². The highest BCUT2D eigenvalue weighted by Crippen LogP contribution is 2.27. The van der Waals surface area contributed by atoms with Gasteiger partial charge in [-0.1, -0.05) is 0 Å². The number of nitriles is 1. The summed E-state index contributed by atoms with van der Waals surface area (Å²) >= 11 is 0. The van der Waals surface area contributed by atoms with E-state index in [2.05, 4.69) is 37.0 Å². The molecule has 1 amide bonds. The van der Waals surface area contributed by atoms with Gasteiger partial charge in [0.05, 0.1) is 52.1 Å². The predicted molar refractivity (Wildman–Crippen MR) is 122 cm³/mol. The lowest BCUT2D eigenvalue weighted by molar-refractivity contribution is -0.00177. The van der Waals surface area contributed by atoms with Crippen molar-refractivity contribution in [2.75, 3.05) is 11.9 Å². The van der Waals surface area contributed by atoms with Crippen molar-refractivity contribution in [3.8, 4) is 17.5 Å². The van der Waals surface area contributed by atoms with Crippen molar-refractivity contribution >= 4 is 22.9 Å². The molecular formula is C23H21FN8O2. The van der Waals surface area contributed by atoms with Crippen molar-refractivity contribution in [1.82, 2.24) is 30.1 Å². The Kier molecular flexibility index (Phi) is 6.16. The van der Waals surface area contributed by atoms with E-state index in [1.54, 1.807) is 40.9 Å². The maximum absolute atomic E-state index is 14.1. The second-order valence-corrected chi connectivity index (χ2v) is 8.09. The fourth-order valence-electron chi connectivity index (χ4n) is 3.17. The summed E-state index contributed by atoms with van der Waals surface area (Å²) in [6, 6.07) is 12.4. The van der Waals surface area contributed by atoms with Gasteiger partial charge in [0.15, 0.2) is 5.82 Å². The molecule has 0 radical (unpaired) electrons. The maximum atomic E-state index is 14.1. The number of carbonyl (C=O) groups excluding carboxylic acids is 1. The Morgan fingerprint density at radius 3 is 2.82 bits per heavy atom. The monoisotopic (exact) mass is 460 g/mol. The van der Waals surface area contributed by atoms with Gasteiger partial charge < -0.3 is 15.7 Å². The Bertz CT molecular complexity index is 1380. The quantitative estimate of drug-likeness (QED) is 0.382. The van der Waals surface area contributed by atoms with Gasteiger partial charge in [0.1, 0.15) is 12.2 Å². The molecule has 0 aromatic carbocycles. The number of fused-ring (bicyclic) bond motifs is 1. The molecule has 0 saturated heterocycles. The summed E-state index contributed by atoms with van der Waals surface area (Å²) < 4.78 is 15.8. The molecule has 4 heterocycles. The number of amides is 1. The number of aliphatic hydroxyl groups is 1. The lowest BCUT2D eigenvalue weighted by Crippen LogP contribution is -2.42. The van der Waals surface area contributed by atoms with Crippen LogP contribution in [0.5, 0.6) is 0 Å². The average Bonchev–Trinajstić information content (AvgIpc) is 3.25. The zero-order chi connectivity index (χ0) is 24.3. The number of alkyl halides is 1. The van der Waals surface area contributed by atoms with Crippen molar-refractivity contribution in [3.05, 3.63) is 66.1 Å². The summed E-state index contributed by atoms with van der Waals surface area (Å²) in [6.45, 7) is 2.29. The molecule has 4 aromatic rings. The van der Waals surface area contributed by atoms with E-state index in [0.717, 1.165) is 0 Å². The maximum Gasteiger partial charge on any atom is 0.255 e. The van der Waals surface area contributed by atoms with Crippen LogP contribution in [0.4, 0.5) is 15.9 Å². The second-order valence-electron chi connectivity index (χ2n) is 8.09. The lowest BCUT2D eigenvalue weighted by Gasteiger charge is -2.22. The number of nitrogens with one attached hydrogen (secondary N) is 2. The van der Waals surface area contributed by atoms with Gasteiger partial charge in [0.25, 0.3) is 5.91 Å². The molecule has 4 aromatic heterocycles. The number of pyridine rings is 1. The predicted octanol–water partition coefficient (Wildman–Crippen LogP) is 2.64. The van der Waals surface area contributed by atoms with E-state index in [0.29, 0.717) is 34.0 Å². The molecule has 0 saturated carbocycles. The minimum Gasteiger partial charge on any atom is -0.387 e. The number of rotatable bonds is 7. The Balaban J connectivity index is 1.70. The van der Waals surface area contributed by atoms with Crippen LogP contribution in [-0.2, 0) is 0 Å². The molecule has 0 fully saturated rings. The summed E-state index contributed by atoms with van der Waals surface area (Å²) in [6.07, 6.45) is 2.68. The van der Waals surface area contributed by atoms with E-state index in [-0.39, 0.29) is 12.1 Å². The number of halogens is 1. The lowest BCUT2D eigenvalue weighted by atomic mass is 10.0. The first-order chi connectivity index (χ1) is 16.3. The summed E-state index contributed by atoms with van der Waals surface area (Å²) in [7, 11) is 0. The van der Waals surface area contributed by atoms with Crippen molar-refractivity contribution in [2.45, 2.75) is 25.6 Å². The molecular weight excluding hydrogens is 439 g/mol. The first kappa shape index (κ1) is 22.8. The summed E-state index contributed by atoms with van der Waals surface area (Å²) in [5.74, 6) is -0.181. The molecule has 0 aliphatic rings. The molecule has 0 spiro atoms. The highest BCUT2D eigenvalue weighted by atomic mass is 19.1. The van der Waals surface area contributed by atoms with E-state index < -0.39 is 17.7 Å². The average molecular weight is 460 g/mol. The van der Waals surface area contributed by atoms with Crippen LogP contribution in [0.2, 0.25) is 0 Å². The molecule has 34 heavy (non-hydrogen) atoms. The van der Waals surface area contributed by atoms with Crippen LogP contribution in [0.1, 0.15) is 29.8 Å². The third-order valence-electron chi connectivity index (χ3n) is 5.08. The fraction of sp³-hybridized carbons (Fsp3) is 0.217. The van der Waals surface area contributed by atoms with E-state index in [9.17, 15) is 14.3 Å². The zero-order valence-corrected chi connectivity index (χ0v) is 18.4. The smallest absolute Gasteiger partial charge is 0.255 e. The van der Waals surface area contributed by atoms with Crippen molar-refractivity contribution in [3.63, 3.8) is 0 Å². The molecule has 1 atom stereocenters. The summed E-state index contributed by atoms with van der Waals surface area (Å²) in [5, 5.41) is 36.5. The number of hydrogen-bond donors (Lipinski definition) is 3.